The Balaban J connectivity index is 2.37. The normalized spacial score (nSPS) is 10.6. The minimum Gasteiger partial charge on any atom is -0.472 e. The van der Waals surface area contributed by atoms with Gasteiger partial charge in [0.15, 0.2) is 5.78 Å². The Hall–Kier alpha value is -1.09. The number of rotatable bonds is 4. The van der Waals surface area contributed by atoms with E-state index in [4.69, 9.17) is 4.42 Å². The number of hydrogen-bond donors (Lipinski definition) is 0. The van der Waals surface area contributed by atoms with E-state index in [-0.39, 0.29) is 5.78 Å². The fourth-order valence-electron chi connectivity index (χ4n) is 1.03. The Bertz CT molecular complexity index is 239. The second kappa shape index (κ2) is 4.07. The van der Waals surface area contributed by atoms with Crippen molar-refractivity contribution in [2.75, 3.05) is 20.6 Å². The minimum atomic E-state index is 0.210. The summed E-state index contributed by atoms with van der Waals surface area (Å²) < 4.78 is 4.85. The van der Waals surface area contributed by atoms with E-state index in [1.54, 1.807) is 12.5 Å². The first-order valence-electron chi connectivity index (χ1n) is 3.86. The zero-order valence-corrected chi connectivity index (χ0v) is 7.41. The Morgan fingerprint density at radius 3 is 2.83 bits per heavy atom. The Morgan fingerprint density at radius 2 is 2.33 bits per heavy atom. The van der Waals surface area contributed by atoms with Crippen LogP contribution in [0.3, 0.4) is 0 Å². The monoisotopic (exact) mass is 167 g/mol. The molecule has 0 saturated heterocycles. The molecule has 1 aromatic rings. The van der Waals surface area contributed by atoms with Gasteiger partial charge in [0.25, 0.3) is 0 Å². The van der Waals surface area contributed by atoms with Crippen molar-refractivity contribution in [3.05, 3.63) is 24.2 Å². The molecule has 0 N–H and O–H groups in total. The zero-order chi connectivity index (χ0) is 8.97. The van der Waals surface area contributed by atoms with E-state index in [0.717, 1.165) is 5.56 Å². The number of carbonyl (C=O) groups is 1. The van der Waals surface area contributed by atoms with Crippen molar-refractivity contribution in [2.45, 2.75) is 6.42 Å². The first-order chi connectivity index (χ1) is 5.68. The van der Waals surface area contributed by atoms with Gasteiger partial charge in [-0.1, -0.05) is 0 Å². The number of carbonyl (C=O) groups excluding carboxylic acids is 1. The third-order valence-corrected chi connectivity index (χ3v) is 1.47. The fraction of sp³-hybridized carbons (Fsp3) is 0.444. The highest BCUT2D eigenvalue weighted by molar-refractivity contribution is 5.82. The maximum atomic E-state index is 11.2. The Kier molecular flexibility index (Phi) is 3.05. The van der Waals surface area contributed by atoms with Crippen molar-refractivity contribution in [2.24, 2.45) is 0 Å². The molecule has 0 radical (unpaired) electrons. The number of nitrogens with zero attached hydrogens (tertiary/aromatic N) is 1. The predicted octanol–water partition coefficient (Wildman–Crippen LogP) is 0.953. The van der Waals surface area contributed by atoms with Crippen LogP contribution >= 0.6 is 0 Å². The Morgan fingerprint density at radius 1 is 1.58 bits per heavy atom. The second-order valence-electron chi connectivity index (χ2n) is 3.08. The van der Waals surface area contributed by atoms with Gasteiger partial charge >= 0.3 is 0 Å². The fourth-order valence-corrected chi connectivity index (χ4v) is 1.03. The van der Waals surface area contributed by atoms with Crippen LogP contribution in [-0.2, 0) is 11.2 Å². The highest BCUT2D eigenvalue weighted by atomic mass is 16.3. The van der Waals surface area contributed by atoms with Gasteiger partial charge in [0, 0.05) is 6.42 Å². The molecule has 0 saturated carbocycles. The first kappa shape index (κ1) is 9.00. The molecule has 3 heteroatoms. The summed E-state index contributed by atoms with van der Waals surface area (Å²) in [7, 11) is 3.76. The van der Waals surface area contributed by atoms with Crippen LogP contribution in [0.15, 0.2) is 23.0 Å². The third kappa shape index (κ3) is 2.88. The van der Waals surface area contributed by atoms with Crippen molar-refractivity contribution >= 4 is 5.78 Å². The van der Waals surface area contributed by atoms with Gasteiger partial charge in [-0.05, 0) is 25.7 Å². The van der Waals surface area contributed by atoms with Gasteiger partial charge in [-0.15, -0.1) is 0 Å². The summed E-state index contributed by atoms with van der Waals surface area (Å²) in [6.07, 6.45) is 3.65. The van der Waals surface area contributed by atoms with E-state index in [0.29, 0.717) is 13.0 Å². The molecule has 1 rings (SSSR count). The lowest BCUT2D eigenvalue weighted by Gasteiger charge is -2.06. The molecule has 12 heavy (non-hydrogen) atoms. The van der Waals surface area contributed by atoms with E-state index >= 15 is 0 Å². The molecule has 66 valence electrons. The molecule has 0 amide bonds. The second-order valence-corrected chi connectivity index (χ2v) is 3.08. The standard InChI is InChI=1S/C9H13NO2/c1-10(2)6-9(11)5-8-3-4-12-7-8/h3-4,7H,5-6H2,1-2H3. The number of furan rings is 1. The maximum absolute atomic E-state index is 11.2. The van der Waals surface area contributed by atoms with Crippen LogP contribution in [0.5, 0.6) is 0 Å². The lowest BCUT2D eigenvalue weighted by molar-refractivity contribution is -0.119. The van der Waals surface area contributed by atoms with Crippen LogP contribution in [0.25, 0.3) is 0 Å². The number of ketones is 1. The summed E-state index contributed by atoms with van der Waals surface area (Å²) in [5, 5.41) is 0. The molecule has 1 aromatic heterocycles. The predicted molar refractivity (Wildman–Crippen MR) is 46.0 cm³/mol. The largest absolute Gasteiger partial charge is 0.472 e. The molecule has 0 aliphatic heterocycles. The minimum absolute atomic E-state index is 0.210. The number of Topliss-reactive ketones (excluding diaryl/α,β-unsaturated/α-hetero) is 1. The topological polar surface area (TPSA) is 33.5 Å². The molecular weight excluding hydrogens is 154 g/mol. The first-order valence-corrected chi connectivity index (χ1v) is 3.86. The van der Waals surface area contributed by atoms with E-state index in [2.05, 4.69) is 0 Å². The van der Waals surface area contributed by atoms with E-state index < -0.39 is 0 Å². The van der Waals surface area contributed by atoms with Crippen molar-refractivity contribution in [1.29, 1.82) is 0 Å². The lowest BCUT2D eigenvalue weighted by atomic mass is 10.2. The summed E-state index contributed by atoms with van der Waals surface area (Å²) in [4.78, 5) is 13.1. The number of likely N-dealkylation sites (N-methyl/N-ethyl adjacent to an activating group) is 1. The molecule has 0 atom stereocenters. The molecule has 0 aromatic carbocycles. The quantitative estimate of drug-likeness (QED) is 0.669. The molecule has 0 aliphatic rings. The van der Waals surface area contributed by atoms with E-state index in [9.17, 15) is 4.79 Å². The molecule has 0 aliphatic carbocycles. The lowest BCUT2D eigenvalue weighted by Crippen LogP contribution is -2.22. The summed E-state index contributed by atoms with van der Waals surface area (Å²) >= 11 is 0. The van der Waals surface area contributed by atoms with Gasteiger partial charge in [-0.3, -0.25) is 4.79 Å². The average Bonchev–Trinajstić information content (AvgIpc) is 2.37. The SMILES string of the molecule is CN(C)CC(=O)Cc1ccoc1. The highest BCUT2D eigenvalue weighted by Crippen LogP contribution is 2.01. The van der Waals surface area contributed by atoms with Crippen molar-refractivity contribution in [3.8, 4) is 0 Å². The van der Waals surface area contributed by atoms with Crippen molar-refractivity contribution in [1.82, 2.24) is 4.90 Å². The maximum Gasteiger partial charge on any atom is 0.151 e. The summed E-state index contributed by atoms with van der Waals surface area (Å²) in [6, 6.07) is 1.81. The zero-order valence-electron chi connectivity index (χ0n) is 7.41. The summed E-state index contributed by atoms with van der Waals surface area (Å²) in [5.41, 5.74) is 0.946. The smallest absolute Gasteiger partial charge is 0.151 e. The number of hydrogen-bond acceptors (Lipinski definition) is 3. The van der Waals surface area contributed by atoms with Gasteiger partial charge in [0.05, 0.1) is 19.1 Å². The van der Waals surface area contributed by atoms with Crippen molar-refractivity contribution in [3.63, 3.8) is 0 Å². The third-order valence-electron chi connectivity index (χ3n) is 1.47. The van der Waals surface area contributed by atoms with E-state index in [1.807, 2.05) is 25.1 Å². The average molecular weight is 167 g/mol. The van der Waals surface area contributed by atoms with Gasteiger partial charge in [0.1, 0.15) is 0 Å². The van der Waals surface area contributed by atoms with Crippen LogP contribution in [0, 0.1) is 0 Å². The van der Waals surface area contributed by atoms with Gasteiger partial charge < -0.3 is 9.32 Å². The molecule has 0 spiro atoms. The molecule has 3 nitrogen and oxygen atoms in total. The summed E-state index contributed by atoms with van der Waals surface area (Å²) in [5.74, 6) is 0.210. The summed E-state index contributed by atoms with van der Waals surface area (Å²) in [6.45, 7) is 0.491. The highest BCUT2D eigenvalue weighted by Gasteiger charge is 2.05. The molecular formula is C9H13NO2. The van der Waals surface area contributed by atoms with Gasteiger partial charge in [-0.25, -0.2) is 0 Å². The Labute approximate surface area is 72.0 Å². The van der Waals surface area contributed by atoms with Crippen molar-refractivity contribution < 1.29 is 9.21 Å². The van der Waals surface area contributed by atoms with Gasteiger partial charge in [-0.2, -0.15) is 0 Å². The molecule has 0 fully saturated rings. The van der Waals surface area contributed by atoms with Crippen LogP contribution in [0.1, 0.15) is 5.56 Å². The van der Waals surface area contributed by atoms with Crippen LogP contribution in [0.2, 0.25) is 0 Å². The molecule has 0 unspecified atom stereocenters. The van der Waals surface area contributed by atoms with Gasteiger partial charge in [0.2, 0.25) is 0 Å². The van der Waals surface area contributed by atoms with Crippen LogP contribution in [0.4, 0.5) is 0 Å². The van der Waals surface area contributed by atoms with Crippen LogP contribution < -0.4 is 0 Å². The van der Waals surface area contributed by atoms with Crippen LogP contribution in [-0.4, -0.2) is 31.3 Å². The molecule has 1 heterocycles. The molecule has 0 bridgehead atoms. The van der Waals surface area contributed by atoms with E-state index in [1.165, 1.54) is 0 Å².